The third-order valence-corrected chi connectivity index (χ3v) is 2.38. The van der Waals surface area contributed by atoms with Gasteiger partial charge in [-0.3, -0.25) is 9.59 Å². The second-order valence-electron chi connectivity index (χ2n) is 3.68. The summed E-state index contributed by atoms with van der Waals surface area (Å²) < 4.78 is 0. The Morgan fingerprint density at radius 3 is 2.59 bits per heavy atom. The van der Waals surface area contributed by atoms with Crippen LogP contribution in [-0.4, -0.2) is 36.2 Å². The molecule has 88 valence electrons. The molecule has 0 bridgehead atoms. The molecule has 3 N–H and O–H groups in total. The van der Waals surface area contributed by atoms with E-state index < -0.39 is 5.97 Å². The number of carbonyl (C=O) groups is 2. The number of aldehydes is 1. The zero-order chi connectivity index (χ0) is 12.0. The van der Waals surface area contributed by atoms with Gasteiger partial charge in [0.1, 0.15) is 0 Å². The number of hydrogen-bond acceptors (Lipinski definition) is 3. The van der Waals surface area contributed by atoms with Crippen molar-refractivity contribution < 1.29 is 14.7 Å². The van der Waals surface area contributed by atoms with Crippen LogP contribution in [0.3, 0.4) is 0 Å². The Hall–Kier alpha value is -1.24. The average Bonchev–Trinajstić information content (AvgIpc) is 2.24. The van der Waals surface area contributed by atoms with E-state index in [0.717, 1.165) is 24.7 Å². The Morgan fingerprint density at radius 2 is 2.06 bits per heavy atom. The predicted octanol–water partition coefficient (Wildman–Crippen LogP) is 1.23. The molecule has 1 aromatic carbocycles. The van der Waals surface area contributed by atoms with Crippen LogP contribution >= 0.6 is 0 Å². The zero-order valence-electron chi connectivity index (χ0n) is 8.98. The Kier molecular flexibility index (Phi) is 7.36. The molecular weight excluding hydrogens is 213 g/mol. The summed E-state index contributed by atoms with van der Waals surface area (Å²) in [6.45, 7) is 0. The van der Waals surface area contributed by atoms with Crippen molar-refractivity contribution in [1.82, 2.24) is 0 Å². The van der Waals surface area contributed by atoms with Crippen LogP contribution in [0.1, 0.15) is 35.2 Å². The van der Waals surface area contributed by atoms with Crippen LogP contribution in [0, 0.1) is 0 Å². The summed E-state index contributed by atoms with van der Waals surface area (Å²) in [7, 11) is 0. The standard InChI is InChI=1S/C12H15NO3.Li.H/c13-11-7-9(5-6-10(11)8-14)3-1-2-4-12(15)16;;/h5-8H,1-4,13H2,(H,15,16);;. The summed E-state index contributed by atoms with van der Waals surface area (Å²) >= 11 is 0. The Morgan fingerprint density at radius 1 is 1.35 bits per heavy atom. The van der Waals surface area contributed by atoms with Crippen molar-refractivity contribution in [2.45, 2.75) is 25.7 Å². The van der Waals surface area contributed by atoms with Crippen molar-refractivity contribution >= 4 is 36.8 Å². The molecule has 0 atom stereocenters. The van der Waals surface area contributed by atoms with Gasteiger partial charge in [0.15, 0.2) is 6.29 Å². The first-order valence-electron chi connectivity index (χ1n) is 5.19. The first-order valence-corrected chi connectivity index (χ1v) is 5.19. The van der Waals surface area contributed by atoms with Gasteiger partial charge in [-0.2, -0.15) is 0 Å². The summed E-state index contributed by atoms with van der Waals surface area (Å²) in [5, 5.41) is 8.46. The van der Waals surface area contributed by atoms with Gasteiger partial charge in [-0.15, -0.1) is 0 Å². The fourth-order valence-corrected chi connectivity index (χ4v) is 1.49. The molecule has 0 spiro atoms. The summed E-state index contributed by atoms with van der Waals surface area (Å²) in [4.78, 5) is 20.8. The number of unbranched alkanes of at least 4 members (excludes halogenated alkanes) is 1. The van der Waals surface area contributed by atoms with Crippen molar-refractivity contribution in [3.63, 3.8) is 0 Å². The topological polar surface area (TPSA) is 80.4 Å². The van der Waals surface area contributed by atoms with E-state index >= 15 is 0 Å². The van der Waals surface area contributed by atoms with Crippen molar-refractivity contribution in [2.24, 2.45) is 0 Å². The molecule has 1 aromatic rings. The van der Waals surface area contributed by atoms with Crippen LogP contribution in [-0.2, 0) is 11.2 Å². The third kappa shape index (κ3) is 5.57. The van der Waals surface area contributed by atoms with Crippen LogP contribution in [0.25, 0.3) is 0 Å². The molecule has 0 radical (unpaired) electrons. The van der Waals surface area contributed by atoms with Gasteiger partial charge in [0, 0.05) is 17.7 Å². The predicted molar refractivity (Wildman–Crippen MR) is 68.6 cm³/mol. The number of aliphatic carboxylic acids is 1. The third-order valence-electron chi connectivity index (χ3n) is 2.38. The summed E-state index contributed by atoms with van der Waals surface area (Å²) in [6.07, 6.45) is 3.18. The molecule has 0 aliphatic carbocycles. The Bertz CT molecular complexity index is 393. The molecule has 0 fully saturated rings. The molecular formula is C12H16LiNO3. The minimum absolute atomic E-state index is 0. The molecule has 17 heavy (non-hydrogen) atoms. The van der Waals surface area contributed by atoms with Gasteiger partial charge in [0.2, 0.25) is 0 Å². The number of benzene rings is 1. The van der Waals surface area contributed by atoms with E-state index in [0.29, 0.717) is 17.7 Å². The van der Waals surface area contributed by atoms with E-state index in [1.807, 2.05) is 6.07 Å². The maximum absolute atomic E-state index is 10.5. The van der Waals surface area contributed by atoms with Gasteiger partial charge in [-0.05, 0) is 37.0 Å². The molecule has 0 heterocycles. The SMILES string of the molecule is Nc1cc(CCCCC(=O)O)ccc1C=O.[LiH]. The van der Waals surface area contributed by atoms with Crippen molar-refractivity contribution in [3.8, 4) is 0 Å². The van der Waals surface area contributed by atoms with Gasteiger partial charge in [-0.25, -0.2) is 0 Å². The molecule has 0 amide bonds. The molecule has 5 heteroatoms. The molecule has 0 aliphatic rings. The van der Waals surface area contributed by atoms with Gasteiger partial charge in [0.25, 0.3) is 0 Å². The van der Waals surface area contributed by atoms with Crippen LogP contribution in [0.5, 0.6) is 0 Å². The van der Waals surface area contributed by atoms with Gasteiger partial charge >= 0.3 is 24.8 Å². The molecule has 0 aliphatic heterocycles. The number of nitrogens with two attached hydrogens (primary N) is 1. The normalized spacial score (nSPS) is 9.41. The van der Waals surface area contributed by atoms with Crippen LogP contribution in [0.2, 0.25) is 0 Å². The Labute approximate surface area is 112 Å². The van der Waals surface area contributed by atoms with E-state index in [9.17, 15) is 9.59 Å². The van der Waals surface area contributed by atoms with Gasteiger partial charge < -0.3 is 10.8 Å². The molecule has 0 unspecified atom stereocenters. The van der Waals surface area contributed by atoms with Gasteiger partial charge in [-0.1, -0.05) is 6.07 Å². The summed E-state index contributed by atoms with van der Waals surface area (Å²) in [5.74, 6) is -0.768. The van der Waals surface area contributed by atoms with Crippen molar-refractivity contribution in [2.75, 3.05) is 5.73 Å². The fourth-order valence-electron chi connectivity index (χ4n) is 1.49. The number of carboxylic acids is 1. The van der Waals surface area contributed by atoms with Crippen molar-refractivity contribution in [3.05, 3.63) is 29.3 Å². The number of aryl methyl sites for hydroxylation is 1. The first kappa shape index (κ1) is 15.8. The van der Waals surface area contributed by atoms with E-state index in [-0.39, 0.29) is 25.3 Å². The number of carbonyl (C=O) groups excluding carboxylic acids is 1. The average molecular weight is 229 g/mol. The second kappa shape index (κ2) is 7.94. The summed E-state index contributed by atoms with van der Waals surface area (Å²) in [5.41, 5.74) is 7.67. The number of anilines is 1. The van der Waals surface area contributed by atoms with E-state index in [1.54, 1.807) is 12.1 Å². The second-order valence-corrected chi connectivity index (χ2v) is 3.68. The van der Waals surface area contributed by atoms with E-state index in [4.69, 9.17) is 10.8 Å². The van der Waals surface area contributed by atoms with E-state index in [2.05, 4.69) is 0 Å². The molecule has 0 saturated carbocycles. The molecule has 0 saturated heterocycles. The molecule has 0 aromatic heterocycles. The quantitative estimate of drug-likeness (QED) is 0.333. The number of rotatable bonds is 6. The van der Waals surface area contributed by atoms with Gasteiger partial charge in [0.05, 0.1) is 0 Å². The first-order chi connectivity index (χ1) is 7.63. The van der Waals surface area contributed by atoms with Crippen LogP contribution in [0.15, 0.2) is 18.2 Å². The van der Waals surface area contributed by atoms with Crippen molar-refractivity contribution in [1.29, 1.82) is 0 Å². The minimum atomic E-state index is -0.768. The van der Waals surface area contributed by atoms with Crippen LogP contribution in [0.4, 0.5) is 5.69 Å². The fraction of sp³-hybridized carbons (Fsp3) is 0.333. The van der Waals surface area contributed by atoms with Crippen LogP contribution < -0.4 is 5.73 Å². The summed E-state index contributed by atoms with van der Waals surface area (Å²) in [6, 6.07) is 5.31. The maximum atomic E-state index is 10.5. The number of hydrogen-bond donors (Lipinski definition) is 2. The number of nitrogen functional groups attached to an aromatic ring is 1. The number of carboxylic acid groups (broad SMARTS) is 1. The molecule has 4 nitrogen and oxygen atoms in total. The zero-order valence-corrected chi connectivity index (χ0v) is 8.98. The Balaban J connectivity index is 0.00000256. The monoisotopic (exact) mass is 229 g/mol. The molecule has 1 rings (SSSR count). The van der Waals surface area contributed by atoms with E-state index in [1.165, 1.54) is 0 Å².